The lowest BCUT2D eigenvalue weighted by molar-refractivity contribution is 0.106. The third-order valence-corrected chi connectivity index (χ3v) is 3.86. The summed E-state index contributed by atoms with van der Waals surface area (Å²) in [5.41, 5.74) is 9.67. The number of rotatable bonds is 3. The van der Waals surface area contributed by atoms with Gasteiger partial charge in [0, 0.05) is 19.7 Å². The fraction of sp³-hybridized carbons (Fsp3) is 0.571. The topological polar surface area (TPSA) is 38.5 Å². The molecule has 3 rings (SSSR count). The predicted octanol–water partition coefficient (Wildman–Crippen LogP) is 2.20. The van der Waals surface area contributed by atoms with Crippen LogP contribution in [0.1, 0.15) is 24.8 Å². The zero-order valence-corrected chi connectivity index (χ0v) is 10.2. The summed E-state index contributed by atoms with van der Waals surface area (Å²) < 4.78 is 5.67. The number of nitrogen functional groups attached to an aromatic ring is 1. The van der Waals surface area contributed by atoms with Gasteiger partial charge in [0.15, 0.2) is 0 Å². The summed E-state index contributed by atoms with van der Waals surface area (Å²) in [5.74, 6) is 0. The molecule has 1 atom stereocenters. The molecular weight excluding hydrogens is 212 g/mol. The average Bonchev–Trinajstić information content (AvgIpc) is 2.95. The molecule has 1 aromatic rings. The van der Waals surface area contributed by atoms with E-state index in [4.69, 9.17) is 10.5 Å². The lowest BCUT2D eigenvalue weighted by Gasteiger charge is -2.22. The maximum atomic E-state index is 6.07. The van der Waals surface area contributed by atoms with Crippen LogP contribution in [-0.2, 0) is 11.2 Å². The van der Waals surface area contributed by atoms with E-state index in [0.717, 1.165) is 38.2 Å². The van der Waals surface area contributed by atoms with Crippen molar-refractivity contribution in [3.63, 3.8) is 0 Å². The average molecular weight is 232 g/mol. The molecule has 92 valence electrons. The van der Waals surface area contributed by atoms with Gasteiger partial charge >= 0.3 is 0 Å². The summed E-state index contributed by atoms with van der Waals surface area (Å²) in [6, 6.07) is 6.25. The zero-order valence-electron chi connectivity index (χ0n) is 10.2. The minimum Gasteiger partial charge on any atom is -0.397 e. The van der Waals surface area contributed by atoms with Crippen LogP contribution in [0, 0.1) is 0 Å². The molecule has 2 aliphatic rings. The summed E-state index contributed by atoms with van der Waals surface area (Å²) >= 11 is 0. The first-order valence-corrected chi connectivity index (χ1v) is 6.58. The molecule has 2 heterocycles. The second kappa shape index (κ2) is 4.57. The van der Waals surface area contributed by atoms with Crippen molar-refractivity contribution < 1.29 is 4.74 Å². The van der Waals surface area contributed by atoms with Gasteiger partial charge < -0.3 is 15.4 Å². The molecule has 0 spiro atoms. The summed E-state index contributed by atoms with van der Waals surface area (Å²) in [5, 5.41) is 0. The number of hydrogen-bond acceptors (Lipinski definition) is 3. The van der Waals surface area contributed by atoms with E-state index >= 15 is 0 Å². The van der Waals surface area contributed by atoms with E-state index in [1.165, 1.54) is 24.1 Å². The van der Waals surface area contributed by atoms with E-state index in [0.29, 0.717) is 6.10 Å². The third-order valence-electron chi connectivity index (χ3n) is 3.86. The smallest absolute Gasteiger partial charge is 0.0633 e. The van der Waals surface area contributed by atoms with Gasteiger partial charge in [0.25, 0.3) is 0 Å². The Morgan fingerprint density at radius 1 is 1.41 bits per heavy atom. The van der Waals surface area contributed by atoms with E-state index in [2.05, 4.69) is 17.0 Å². The molecule has 2 aliphatic heterocycles. The van der Waals surface area contributed by atoms with Crippen molar-refractivity contribution in [1.29, 1.82) is 0 Å². The first kappa shape index (κ1) is 10.9. The maximum absolute atomic E-state index is 6.07. The van der Waals surface area contributed by atoms with Crippen LogP contribution in [0.2, 0.25) is 0 Å². The first-order valence-electron chi connectivity index (χ1n) is 6.58. The van der Waals surface area contributed by atoms with Crippen molar-refractivity contribution in [2.45, 2.75) is 31.8 Å². The summed E-state index contributed by atoms with van der Waals surface area (Å²) in [6.45, 7) is 3.13. The molecule has 1 aromatic carbocycles. The number of fused-ring (bicyclic) bond motifs is 1. The van der Waals surface area contributed by atoms with Crippen LogP contribution in [0.25, 0.3) is 0 Å². The molecule has 0 saturated carbocycles. The van der Waals surface area contributed by atoms with Crippen molar-refractivity contribution in [1.82, 2.24) is 0 Å². The Hall–Kier alpha value is -1.22. The van der Waals surface area contributed by atoms with Gasteiger partial charge in [-0.05, 0) is 37.3 Å². The number of ether oxygens (including phenoxy) is 1. The van der Waals surface area contributed by atoms with Crippen molar-refractivity contribution in [2.75, 3.05) is 30.3 Å². The number of nitrogens with zero attached hydrogens (tertiary/aromatic N) is 1. The normalized spacial score (nSPS) is 23.1. The van der Waals surface area contributed by atoms with Crippen molar-refractivity contribution in [3.8, 4) is 0 Å². The van der Waals surface area contributed by atoms with E-state index in [1.807, 2.05) is 6.07 Å². The molecule has 0 aromatic heterocycles. The molecule has 0 radical (unpaired) electrons. The maximum Gasteiger partial charge on any atom is 0.0633 e. The highest BCUT2D eigenvalue weighted by Crippen LogP contribution is 2.33. The van der Waals surface area contributed by atoms with Crippen LogP contribution in [0.5, 0.6) is 0 Å². The highest BCUT2D eigenvalue weighted by molar-refractivity contribution is 5.74. The molecular formula is C14H20N2O. The van der Waals surface area contributed by atoms with Crippen LogP contribution in [0.15, 0.2) is 18.2 Å². The Bertz CT molecular complexity index is 399. The Morgan fingerprint density at radius 2 is 2.35 bits per heavy atom. The molecule has 0 bridgehead atoms. The molecule has 1 saturated heterocycles. The van der Waals surface area contributed by atoms with E-state index < -0.39 is 0 Å². The van der Waals surface area contributed by atoms with Crippen molar-refractivity contribution in [3.05, 3.63) is 23.8 Å². The van der Waals surface area contributed by atoms with Gasteiger partial charge in [-0.25, -0.2) is 0 Å². The van der Waals surface area contributed by atoms with E-state index in [9.17, 15) is 0 Å². The molecule has 1 fully saturated rings. The van der Waals surface area contributed by atoms with Gasteiger partial charge in [-0.15, -0.1) is 0 Å². The predicted molar refractivity (Wildman–Crippen MR) is 70.4 cm³/mol. The highest BCUT2D eigenvalue weighted by Gasteiger charge is 2.23. The molecule has 2 N–H and O–H groups in total. The van der Waals surface area contributed by atoms with E-state index in [-0.39, 0.29) is 0 Å². The fourth-order valence-corrected chi connectivity index (χ4v) is 2.96. The monoisotopic (exact) mass is 232 g/mol. The van der Waals surface area contributed by atoms with Crippen molar-refractivity contribution >= 4 is 11.4 Å². The first-order chi connectivity index (χ1) is 8.34. The molecule has 3 heteroatoms. The fourth-order valence-electron chi connectivity index (χ4n) is 2.96. The third kappa shape index (κ3) is 2.12. The molecule has 0 aliphatic carbocycles. The standard InChI is InChI=1S/C14H20N2O/c15-13-5-1-3-11-6-8-16(14(11)13)9-7-12-4-2-10-17-12/h1,3,5,12H,2,4,6-10,15H2. The van der Waals surface area contributed by atoms with Gasteiger partial charge in [0.05, 0.1) is 17.5 Å². The quantitative estimate of drug-likeness (QED) is 0.812. The lowest BCUT2D eigenvalue weighted by atomic mass is 10.1. The summed E-state index contributed by atoms with van der Waals surface area (Å²) in [6.07, 6.45) is 5.19. The van der Waals surface area contributed by atoms with Gasteiger partial charge in [0.2, 0.25) is 0 Å². The number of anilines is 2. The van der Waals surface area contributed by atoms with Crippen LogP contribution in [-0.4, -0.2) is 25.8 Å². The van der Waals surface area contributed by atoms with Crippen LogP contribution < -0.4 is 10.6 Å². The second-order valence-corrected chi connectivity index (χ2v) is 5.02. The Kier molecular flexibility index (Phi) is 2.93. The molecule has 3 nitrogen and oxygen atoms in total. The summed E-state index contributed by atoms with van der Waals surface area (Å²) in [4.78, 5) is 2.42. The van der Waals surface area contributed by atoms with Gasteiger partial charge in [0.1, 0.15) is 0 Å². The molecule has 17 heavy (non-hydrogen) atoms. The van der Waals surface area contributed by atoms with Crippen LogP contribution >= 0.6 is 0 Å². The largest absolute Gasteiger partial charge is 0.397 e. The number of hydrogen-bond donors (Lipinski definition) is 1. The Morgan fingerprint density at radius 3 is 3.18 bits per heavy atom. The minimum absolute atomic E-state index is 0.476. The molecule has 0 amide bonds. The second-order valence-electron chi connectivity index (χ2n) is 5.02. The zero-order chi connectivity index (χ0) is 11.7. The Labute approximate surface area is 103 Å². The van der Waals surface area contributed by atoms with Gasteiger partial charge in [-0.2, -0.15) is 0 Å². The minimum atomic E-state index is 0.476. The molecule has 1 unspecified atom stereocenters. The lowest BCUT2D eigenvalue weighted by Crippen LogP contribution is -2.25. The number of benzene rings is 1. The SMILES string of the molecule is Nc1cccc2c1N(CCC1CCCO1)CC2. The van der Waals surface area contributed by atoms with Crippen LogP contribution in [0.4, 0.5) is 11.4 Å². The highest BCUT2D eigenvalue weighted by atomic mass is 16.5. The van der Waals surface area contributed by atoms with Gasteiger partial charge in [-0.3, -0.25) is 0 Å². The Balaban J connectivity index is 1.66. The van der Waals surface area contributed by atoms with Gasteiger partial charge in [-0.1, -0.05) is 12.1 Å². The number of para-hydroxylation sites is 1. The van der Waals surface area contributed by atoms with Crippen molar-refractivity contribution in [2.24, 2.45) is 0 Å². The number of nitrogens with two attached hydrogens (primary N) is 1. The van der Waals surface area contributed by atoms with Crippen LogP contribution in [0.3, 0.4) is 0 Å². The van der Waals surface area contributed by atoms with E-state index in [1.54, 1.807) is 0 Å². The summed E-state index contributed by atoms with van der Waals surface area (Å²) in [7, 11) is 0.